The summed E-state index contributed by atoms with van der Waals surface area (Å²) < 4.78 is 23.1. The summed E-state index contributed by atoms with van der Waals surface area (Å²) in [5, 5.41) is 0. The van der Waals surface area contributed by atoms with Gasteiger partial charge >= 0.3 is 11.9 Å². The van der Waals surface area contributed by atoms with Crippen molar-refractivity contribution >= 4 is 11.9 Å². The van der Waals surface area contributed by atoms with E-state index in [4.69, 9.17) is 18.9 Å². The summed E-state index contributed by atoms with van der Waals surface area (Å²) in [6.07, 6.45) is 32.5. The summed E-state index contributed by atoms with van der Waals surface area (Å²) in [6.45, 7) is 6.06. The van der Waals surface area contributed by atoms with E-state index in [1.165, 1.54) is 116 Å². The van der Waals surface area contributed by atoms with Gasteiger partial charge in [0.15, 0.2) is 0 Å². The van der Waals surface area contributed by atoms with Gasteiger partial charge in [-0.25, -0.2) is 0 Å². The standard InChI is InChI=1S/C58H82O6/c1-3-5-7-9-11-19-23-27-47-61-53-39-31-49(32-40-53)51-35-43-55(44-36-51)63-57(59)29-25-21-17-15-13-14-16-18-22-26-30-58(60)64-56-45-37-52(38-46-56)50-33-41-54(42-34-50)62-48-28-24-20-12-10-8-6-4-2/h31-46H,3-30,47-48H2,1-2H3. The van der Waals surface area contributed by atoms with Crippen molar-refractivity contribution in [3.05, 3.63) is 97.1 Å². The van der Waals surface area contributed by atoms with Crippen LogP contribution in [0.5, 0.6) is 23.0 Å². The Morgan fingerprint density at radius 2 is 0.531 bits per heavy atom. The number of benzene rings is 4. The summed E-state index contributed by atoms with van der Waals surface area (Å²) in [4.78, 5) is 24.9. The molecule has 350 valence electrons. The third-order valence-corrected chi connectivity index (χ3v) is 12.1. The fourth-order valence-corrected chi connectivity index (χ4v) is 8.09. The fourth-order valence-electron chi connectivity index (χ4n) is 8.09. The molecule has 0 aliphatic carbocycles. The first kappa shape index (κ1) is 52.0. The van der Waals surface area contributed by atoms with E-state index in [-0.39, 0.29) is 11.9 Å². The molecular formula is C58H82O6. The van der Waals surface area contributed by atoms with Crippen molar-refractivity contribution in [3.63, 3.8) is 0 Å². The van der Waals surface area contributed by atoms with E-state index in [0.29, 0.717) is 24.3 Å². The highest BCUT2D eigenvalue weighted by Crippen LogP contribution is 2.27. The predicted octanol–water partition coefficient (Wildman–Crippen LogP) is 17.3. The summed E-state index contributed by atoms with van der Waals surface area (Å²) in [6, 6.07) is 32.0. The summed E-state index contributed by atoms with van der Waals surface area (Å²) in [5.41, 5.74) is 4.39. The Morgan fingerprint density at radius 3 is 0.812 bits per heavy atom. The Bertz CT molecular complexity index is 1630. The number of ether oxygens (including phenoxy) is 4. The van der Waals surface area contributed by atoms with E-state index < -0.39 is 0 Å². The molecule has 4 rings (SSSR count). The van der Waals surface area contributed by atoms with Crippen LogP contribution in [0.3, 0.4) is 0 Å². The molecule has 0 aliphatic heterocycles. The fraction of sp³-hybridized carbons (Fsp3) is 0.552. The van der Waals surface area contributed by atoms with Gasteiger partial charge in [-0.2, -0.15) is 0 Å². The molecule has 0 saturated heterocycles. The molecule has 0 fully saturated rings. The number of hydrogen-bond acceptors (Lipinski definition) is 6. The van der Waals surface area contributed by atoms with Crippen LogP contribution in [0.15, 0.2) is 97.1 Å². The van der Waals surface area contributed by atoms with Gasteiger partial charge in [0.1, 0.15) is 23.0 Å². The van der Waals surface area contributed by atoms with Gasteiger partial charge in [0.2, 0.25) is 0 Å². The molecule has 0 aliphatic rings. The average molecular weight is 875 g/mol. The molecule has 6 heteroatoms. The zero-order valence-electron chi connectivity index (χ0n) is 39.9. The molecule has 0 saturated carbocycles. The van der Waals surface area contributed by atoms with E-state index in [0.717, 1.165) is 98.3 Å². The van der Waals surface area contributed by atoms with E-state index >= 15 is 0 Å². The van der Waals surface area contributed by atoms with Crippen molar-refractivity contribution in [3.8, 4) is 45.3 Å². The van der Waals surface area contributed by atoms with E-state index in [2.05, 4.69) is 38.1 Å². The Hall–Kier alpha value is -4.58. The maximum Gasteiger partial charge on any atom is 0.311 e. The normalized spacial score (nSPS) is 11.1. The van der Waals surface area contributed by atoms with Crippen LogP contribution in [0.2, 0.25) is 0 Å². The van der Waals surface area contributed by atoms with Gasteiger partial charge < -0.3 is 18.9 Å². The minimum absolute atomic E-state index is 0.167. The van der Waals surface area contributed by atoms with Gasteiger partial charge in [-0.1, -0.05) is 204 Å². The quantitative estimate of drug-likeness (QED) is 0.0255. The van der Waals surface area contributed by atoms with Crippen molar-refractivity contribution in [1.29, 1.82) is 0 Å². The molecule has 4 aromatic rings. The lowest BCUT2D eigenvalue weighted by atomic mass is 10.0. The molecule has 0 bridgehead atoms. The Morgan fingerprint density at radius 1 is 0.297 bits per heavy atom. The maximum atomic E-state index is 12.5. The number of esters is 2. The van der Waals surface area contributed by atoms with Crippen LogP contribution in [-0.4, -0.2) is 25.2 Å². The molecular weight excluding hydrogens is 793 g/mol. The molecule has 0 atom stereocenters. The molecule has 0 aromatic heterocycles. The zero-order chi connectivity index (χ0) is 45.1. The first-order valence-corrected chi connectivity index (χ1v) is 25.6. The first-order chi connectivity index (χ1) is 31.5. The van der Waals surface area contributed by atoms with Gasteiger partial charge in [0, 0.05) is 12.8 Å². The molecule has 0 spiro atoms. The molecule has 0 amide bonds. The van der Waals surface area contributed by atoms with E-state index in [9.17, 15) is 9.59 Å². The molecule has 4 aromatic carbocycles. The van der Waals surface area contributed by atoms with Crippen LogP contribution >= 0.6 is 0 Å². The van der Waals surface area contributed by atoms with Crippen LogP contribution in [0.25, 0.3) is 22.3 Å². The predicted molar refractivity (Wildman–Crippen MR) is 267 cm³/mol. The number of carbonyl (C=O) groups excluding carboxylic acids is 2. The highest BCUT2D eigenvalue weighted by Gasteiger charge is 2.08. The van der Waals surface area contributed by atoms with Crippen LogP contribution in [0.1, 0.15) is 194 Å². The lowest BCUT2D eigenvalue weighted by molar-refractivity contribution is -0.135. The number of hydrogen-bond donors (Lipinski definition) is 0. The van der Waals surface area contributed by atoms with Gasteiger partial charge in [0.05, 0.1) is 13.2 Å². The van der Waals surface area contributed by atoms with Crippen LogP contribution in [-0.2, 0) is 9.59 Å². The van der Waals surface area contributed by atoms with Gasteiger partial charge in [-0.3, -0.25) is 9.59 Å². The summed E-state index contributed by atoms with van der Waals surface area (Å²) in [5.74, 6) is 2.67. The SMILES string of the molecule is CCCCCCCCCCOc1ccc(-c2ccc(OC(=O)CCCCCCCCCCCCC(=O)Oc3ccc(-c4ccc(OCCCCCCCCCC)cc4)cc3)cc2)cc1. The van der Waals surface area contributed by atoms with E-state index in [1.54, 1.807) is 0 Å². The smallest absolute Gasteiger partial charge is 0.311 e. The largest absolute Gasteiger partial charge is 0.494 e. The van der Waals surface area contributed by atoms with Gasteiger partial charge in [0.25, 0.3) is 0 Å². The van der Waals surface area contributed by atoms with E-state index in [1.807, 2.05) is 72.8 Å². The monoisotopic (exact) mass is 875 g/mol. The minimum Gasteiger partial charge on any atom is -0.494 e. The molecule has 64 heavy (non-hydrogen) atoms. The second kappa shape index (κ2) is 33.9. The Balaban J connectivity index is 0.938. The Kier molecular flexibility index (Phi) is 27.5. The van der Waals surface area contributed by atoms with Crippen molar-refractivity contribution in [2.75, 3.05) is 13.2 Å². The third-order valence-electron chi connectivity index (χ3n) is 12.1. The number of unbranched alkanes of at least 4 members (excludes halogenated alkanes) is 23. The summed E-state index contributed by atoms with van der Waals surface area (Å²) in [7, 11) is 0. The zero-order valence-corrected chi connectivity index (χ0v) is 39.9. The lowest BCUT2D eigenvalue weighted by Crippen LogP contribution is -2.07. The van der Waals surface area contributed by atoms with Crippen LogP contribution < -0.4 is 18.9 Å². The molecule has 6 nitrogen and oxygen atoms in total. The summed E-state index contributed by atoms with van der Waals surface area (Å²) >= 11 is 0. The Labute approximate surface area is 388 Å². The topological polar surface area (TPSA) is 71.1 Å². The van der Waals surface area contributed by atoms with Crippen LogP contribution in [0.4, 0.5) is 0 Å². The van der Waals surface area contributed by atoms with Gasteiger partial charge in [-0.15, -0.1) is 0 Å². The average Bonchev–Trinajstić information content (AvgIpc) is 3.32. The molecule has 0 unspecified atom stereocenters. The number of rotatable bonds is 37. The molecule has 0 radical (unpaired) electrons. The van der Waals surface area contributed by atoms with Crippen molar-refractivity contribution in [2.45, 2.75) is 194 Å². The second-order valence-electron chi connectivity index (χ2n) is 17.7. The van der Waals surface area contributed by atoms with Crippen LogP contribution in [0, 0.1) is 0 Å². The first-order valence-electron chi connectivity index (χ1n) is 25.6. The van der Waals surface area contributed by atoms with Crippen molar-refractivity contribution < 1.29 is 28.5 Å². The third kappa shape index (κ3) is 23.4. The minimum atomic E-state index is -0.167. The highest BCUT2D eigenvalue weighted by molar-refractivity contribution is 5.74. The lowest BCUT2D eigenvalue weighted by Gasteiger charge is -2.09. The highest BCUT2D eigenvalue weighted by atomic mass is 16.5. The van der Waals surface area contributed by atoms with Crippen molar-refractivity contribution in [1.82, 2.24) is 0 Å². The van der Waals surface area contributed by atoms with Gasteiger partial charge in [-0.05, 0) is 96.5 Å². The van der Waals surface area contributed by atoms with Crippen molar-refractivity contribution in [2.24, 2.45) is 0 Å². The molecule has 0 heterocycles. The maximum absolute atomic E-state index is 12.5. The number of carbonyl (C=O) groups is 2. The molecule has 0 N–H and O–H groups in total. The second-order valence-corrected chi connectivity index (χ2v) is 17.7.